The maximum absolute atomic E-state index is 13.5. The number of furan rings is 1. The first kappa shape index (κ1) is 12.8. The zero-order chi connectivity index (χ0) is 13.1. The van der Waals surface area contributed by atoms with Crippen LogP contribution in [0.3, 0.4) is 0 Å². The molecule has 1 aromatic heterocycles. The van der Waals surface area contributed by atoms with Crippen molar-refractivity contribution in [1.82, 2.24) is 0 Å². The predicted octanol–water partition coefficient (Wildman–Crippen LogP) is 2.96. The Kier molecular flexibility index (Phi) is 3.79. The summed E-state index contributed by atoms with van der Waals surface area (Å²) in [5.41, 5.74) is 5.66. The molecule has 2 N–H and O–H groups in total. The van der Waals surface area contributed by atoms with E-state index in [2.05, 4.69) is 0 Å². The zero-order valence-corrected chi connectivity index (χ0v) is 10.2. The van der Waals surface area contributed by atoms with Crippen LogP contribution in [0.25, 0.3) is 0 Å². The van der Waals surface area contributed by atoms with Gasteiger partial charge in [0.1, 0.15) is 11.6 Å². The lowest BCUT2D eigenvalue weighted by Gasteiger charge is -2.01. The van der Waals surface area contributed by atoms with Gasteiger partial charge in [-0.25, -0.2) is 4.39 Å². The molecule has 0 aliphatic rings. The second-order valence-electron chi connectivity index (χ2n) is 3.81. The molecule has 0 saturated carbocycles. The average molecular weight is 268 g/mol. The molecule has 0 aliphatic heterocycles. The van der Waals surface area contributed by atoms with E-state index in [0.29, 0.717) is 10.8 Å². The van der Waals surface area contributed by atoms with Crippen LogP contribution >= 0.6 is 11.6 Å². The largest absolute Gasteiger partial charge is 0.457 e. The van der Waals surface area contributed by atoms with E-state index in [1.807, 2.05) is 0 Å². The quantitative estimate of drug-likeness (QED) is 0.867. The Balaban J connectivity index is 2.16. The minimum absolute atomic E-state index is 0.0689. The third-order valence-corrected chi connectivity index (χ3v) is 2.74. The molecule has 0 spiro atoms. The first-order valence-electron chi connectivity index (χ1n) is 5.36. The minimum atomic E-state index is -0.499. The highest BCUT2D eigenvalue weighted by atomic mass is 35.5. The van der Waals surface area contributed by atoms with Gasteiger partial charge in [-0.3, -0.25) is 4.79 Å². The van der Waals surface area contributed by atoms with Gasteiger partial charge in [0.15, 0.2) is 5.76 Å². The lowest BCUT2D eigenvalue weighted by atomic mass is 10.1. The molecule has 0 saturated heterocycles. The van der Waals surface area contributed by atoms with Gasteiger partial charge < -0.3 is 10.2 Å². The van der Waals surface area contributed by atoms with Crippen LogP contribution in [-0.2, 0) is 13.0 Å². The molecule has 2 aromatic rings. The number of ketones is 1. The summed E-state index contributed by atoms with van der Waals surface area (Å²) in [6.07, 6.45) is -0.0689. The maximum Gasteiger partial charge on any atom is 0.202 e. The molecule has 0 unspecified atom stereocenters. The van der Waals surface area contributed by atoms with E-state index in [1.165, 1.54) is 12.1 Å². The van der Waals surface area contributed by atoms with Crippen LogP contribution in [0.4, 0.5) is 4.39 Å². The van der Waals surface area contributed by atoms with Crippen molar-refractivity contribution in [2.75, 3.05) is 0 Å². The van der Waals surface area contributed by atoms with Gasteiger partial charge in [-0.1, -0.05) is 17.7 Å². The van der Waals surface area contributed by atoms with Crippen LogP contribution < -0.4 is 5.73 Å². The molecule has 2 rings (SSSR count). The third kappa shape index (κ3) is 2.78. The highest BCUT2D eigenvalue weighted by molar-refractivity contribution is 6.30. The topological polar surface area (TPSA) is 56.2 Å². The van der Waals surface area contributed by atoms with Gasteiger partial charge in [-0.05, 0) is 29.8 Å². The van der Waals surface area contributed by atoms with Crippen molar-refractivity contribution in [1.29, 1.82) is 0 Å². The number of carbonyl (C=O) groups excluding carboxylic acids is 1. The number of hydrogen-bond acceptors (Lipinski definition) is 3. The SMILES string of the molecule is NCc1ccc(C(=O)Cc2ccc(Cl)cc2F)o1. The van der Waals surface area contributed by atoms with E-state index in [4.69, 9.17) is 21.8 Å². The molecule has 0 aliphatic carbocycles. The van der Waals surface area contributed by atoms with Crippen LogP contribution in [0.5, 0.6) is 0 Å². The Morgan fingerprint density at radius 3 is 2.72 bits per heavy atom. The normalized spacial score (nSPS) is 10.6. The monoisotopic (exact) mass is 267 g/mol. The number of Topliss-reactive ketones (excluding diaryl/α,β-unsaturated/α-hetero) is 1. The van der Waals surface area contributed by atoms with Crippen LogP contribution in [0, 0.1) is 5.82 Å². The molecule has 5 heteroatoms. The maximum atomic E-state index is 13.5. The molecule has 0 fully saturated rings. The molecular formula is C13H11ClFNO2. The summed E-state index contributed by atoms with van der Waals surface area (Å²) in [6.45, 7) is 0.225. The van der Waals surface area contributed by atoms with E-state index in [9.17, 15) is 9.18 Å². The van der Waals surface area contributed by atoms with Crippen molar-refractivity contribution in [2.45, 2.75) is 13.0 Å². The third-order valence-electron chi connectivity index (χ3n) is 2.50. The molecular weight excluding hydrogens is 257 g/mol. The Labute approximate surface area is 108 Å². The van der Waals surface area contributed by atoms with Gasteiger partial charge in [0.05, 0.1) is 6.54 Å². The Bertz CT molecular complexity index is 580. The summed E-state index contributed by atoms with van der Waals surface area (Å²) in [5, 5.41) is 0.298. The van der Waals surface area contributed by atoms with Crippen molar-refractivity contribution in [3.05, 3.63) is 58.3 Å². The lowest BCUT2D eigenvalue weighted by Crippen LogP contribution is -2.04. The summed E-state index contributed by atoms with van der Waals surface area (Å²) in [7, 11) is 0. The Morgan fingerprint density at radius 2 is 2.11 bits per heavy atom. The van der Waals surface area contributed by atoms with Crippen molar-refractivity contribution in [3.63, 3.8) is 0 Å². The second kappa shape index (κ2) is 5.33. The highest BCUT2D eigenvalue weighted by Gasteiger charge is 2.14. The van der Waals surface area contributed by atoms with Crippen molar-refractivity contribution in [2.24, 2.45) is 5.73 Å². The van der Waals surface area contributed by atoms with Gasteiger partial charge in [-0.2, -0.15) is 0 Å². The summed E-state index contributed by atoms with van der Waals surface area (Å²) in [5.74, 6) is -0.0860. The summed E-state index contributed by atoms with van der Waals surface area (Å²) < 4.78 is 18.7. The number of carbonyl (C=O) groups is 1. The Morgan fingerprint density at radius 1 is 1.33 bits per heavy atom. The second-order valence-corrected chi connectivity index (χ2v) is 4.24. The van der Waals surface area contributed by atoms with Crippen molar-refractivity contribution in [3.8, 4) is 0 Å². The fourth-order valence-corrected chi connectivity index (χ4v) is 1.72. The molecule has 18 heavy (non-hydrogen) atoms. The molecule has 0 radical (unpaired) electrons. The highest BCUT2D eigenvalue weighted by Crippen LogP contribution is 2.17. The van der Waals surface area contributed by atoms with Gasteiger partial charge >= 0.3 is 0 Å². The summed E-state index contributed by atoms with van der Waals surface area (Å²) in [6, 6.07) is 7.38. The van der Waals surface area contributed by atoms with E-state index >= 15 is 0 Å². The zero-order valence-electron chi connectivity index (χ0n) is 9.45. The molecule has 0 atom stereocenters. The van der Waals surface area contributed by atoms with E-state index in [0.717, 1.165) is 0 Å². The summed E-state index contributed by atoms with van der Waals surface area (Å²) in [4.78, 5) is 11.8. The molecule has 0 bridgehead atoms. The van der Waals surface area contributed by atoms with Gasteiger partial charge in [0, 0.05) is 11.4 Å². The molecule has 0 amide bonds. The number of rotatable bonds is 4. The van der Waals surface area contributed by atoms with Crippen molar-refractivity contribution < 1.29 is 13.6 Å². The molecule has 1 aromatic carbocycles. The Hall–Kier alpha value is -1.65. The first-order valence-corrected chi connectivity index (χ1v) is 5.74. The number of hydrogen-bond donors (Lipinski definition) is 1. The van der Waals surface area contributed by atoms with Gasteiger partial charge in [0.25, 0.3) is 0 Å². The van der Waals surface area contributed by atoms with Crippen molar-refractivity contribution >= 4 is 17.4 Å². The van der Waals surface area contributed by atoms with Gasteiger partial charge in [0.2, 0.25) is 5.78 Å². The van der Waals surface area contributed by atoms with Crippen LogP contribution in [0.2, 0.25) is 5.02 Å². The fraction of sp³-hybridized carbons (Fsp3) is 0.154. The van der Waals surface area contributed by atoms with E-state index in [-0.39, 0.29) is 30.1 Å². The number of nitrogens with two attached hydrogens (primary N) is 1. The standard InChI is InChI=1S/C13H11ClFNO2/c14-9-2-1-8(11(15)6-9)5-12(17)13-4-3-10(7-16)18-13/h1-4,6H,5,7,16H2. The molecule has 3 nitrogen and oxygen atoms in total. The molecule has 1 heterocycles. The van der Waals surface area contributed by atoms with E-state index in [1.54, 1.807) is 18.2 Å². The fourth-order valence-electron chi connectivity index (χ4n) is 1.56. The van der Waals surface area contributed by atoms with Gasteiger partial charge in [-0.15, -0.1) is 0 Å². The smallest absolute Gasteiger partial charge is 0.202 e. The van der Waals surface area contributed by atoms with Crippen LogP contribution in [0.1, 0.15) is 21.9 Å². The predicted molar refractivity (Wildman–Crippen MR) is 66.0 cm³/mol. The first-order chi connectivity index (χ1) is 8.60. The van der Waals surface area contributed by atoms with Crippen LogP contribution in [-0.4, -0.2) is 5.78 Å². The van der Waals surface area contributed by atoms with Crippen LogP contribution in [0.15, 0.2) is 34.7 Å². The summed E-state index contributed by atoms with van der Waals surface area (Å²) >= 11 is 5.64. The number of halogens is 2. The number of benzene rings is 1. The van der Waals surface area contributed by atoms with E-state index < -0.39 is 5.82 Å². The lowest BCUT2D eigenvalue weighted by molar-refractivity contribution is 0.0963. The molecule has 94 valence electrons. The average Bonchev–Trinajstić information content (AvgIpc) is 2.81. The minimum Gasteiger partial charge on any atom is -0.457 e.